The van der Waals surface area contributed by atoms with E-state index in [1.54, 1.807) is 24.4 Å². The number of sulfonamides is 1. The lowest BCUT2D eigenvalue weighted by Gasteiger charge is -2.12. The van der Waals surface area contributed by atoms with Crippen molar-refractivity contribution in [3.63, 3.8) is 0 Å². The third-order valence-electron chi connectivity index (χ3n) is 2.85. The maximum atomic E-state index is 13.7. The van der Waals surface area contributed by atoms with Crippen molar-refractivity contribution < 1.29 is 22.7 Å². The van der Waals surface area contributed by atoms with Gasteiger partial charge in [-0.05, 0) is 36.6 Å². The van der Waals surface area contributed by atoms with E-state index in [2.05, 4.69) is 4.72 Å². The average Bonchev–Trinajstić information content (AvgIpc) is 3.01. The van der Waals surface area contributed by atoms with E-state index in [0.717, 1.165) is 6.07 Å². The highest BCUT2D eigenvalue weighted by atomic mass is 32.2. The van der Waals surface area contributed by atoms with Crippen molar-refractivity contribution in [2.24, 2.45) is 0 Å². The molecule has 8 heteroatoms. The van der Waals surface area contributed by atoms with Crippen LogP contribution in [0, 0.1) is 5.82 Å². The average molecular weight is 345 g/mol. The van der Waals surface area contributed by atoms with E-state index < -0.39 is 21.9 Å². The molecule has 0 aliphatic carbocycles. The molecule has 0 aliphatic heterocycles. The van der Waals surface area contributed by atoms with Gasteiger partial charge in [0.1, 0.15) is 6.10 Å². The Morgan fingerprint density at radius 2 is 2.18 bits per heavy atom. The molecule has 1 heterocycles. The zero-order valence-corrected chi connectivity index (χ0v) is 13.5. The van der Waals surface area contributed by atoms with E-state index in [4.69, 9.17) is 4.74 Å². The molecule has 0 fully saturated rings. The fraction of sp³-hybridized carbons (Fsp3) is 0.286. The van der Waals surface area contributed by atoms with Crippen LogP contribution >= 0.6 is 11.3 Å². The highest BCUT2D eigenvalue weighted by molar-refractivity contribution is 7.89. The van der Waals surface area contributed by atoms with Crippen LogP contribution < -0.4 is 9.46 Å². The first-order valence-electron chi connectivity index (χ1n) is 6.57. The molecule has 1 aromatic heterocycles. The van der Waals surface area contributed by atoms with Gasteiger partial charge in [-0.2, -0.15) is 0 Å². The number of rotatable bonds is 7. The van der Waals surface area contributed by atoms with Gasteiger partial charge in [0.2, 0.25) is 10.0 Å². The second kappa shape index (κ2) is 7.19. The molecule has 5 nitrogen and oxygen atoms in total. The van der Waals surface area contributed by atoms with Crippen molar-refractivity contribution in [1.82, 2.24) is 4.72 Å². The Balaban J connectivity index is 2.08. The Kier molecular flexibility index (Phi) is 5.52. The van der Waals surface area contributed by atoms with Gasteiger partial charge in [0.25, 0.3) is 0 Å². The summed E-state index contributed by atoms with van der Waals surface area (Å²) in [5.41, 5.74) is 0. The largest absolute Gasteiger partial charge is 0.491 e. The molecule has 2 rings (SSSR count). The number of aliphatic hydroxyl groups is 1. The number of thiophene rings is 1. The minimum absolute atomic E-state index is 0.0000651. The standard InChI is InChI=1S/C14H16FNO4S2/c1-2-20-13-6-5-10(8-11(13)15)22(18,19)16-9-12(17)14-4-3-7-21-14/h3-8,12,16-17H,2,9H2,1H3. The highest BCUT2D eigenvalue weighted by Crippen LogP contribution is 2.22. The van der Waals surface area contributed by atoms with Crippen LogP contribution in [-0.2, 0) is 10.0 Å². The summed E-state index contributed by atoms with van der Waals surface area (Å²) >= 11 is 1.33. The van der Waals surface area contributed by atoms with Gasteiger partial charge in [-0.1, -0.05) is 6.07 Å². The Morgan fingerprint density at radius 3 is 2.77 bits per heavy atom. The summed E-state index contributed by atoms with van der Waals surface area (Å²) in [5.74, 6) is -0.747. The van der Waals surface area contributed by atoms with E-state index >= 15 is 0 Å². The van der Waals surface area contributed by atoms with Gasteiger partial charge in [-0.25, -0.2) is 17.5 Å². The molecule has 0 spiro atoms. The van der Waals surface area contributed by atoms with Gasteiger partial charge >= 0.3 is 0 Å². The lowest BCUT2D eigenvalue weighted by molar-refractivity contribution is 0.186. The van der Waals surface area contributed by atoms with Crippen LogP contribution in [0.5, 0.6) is 5.75 Å². The molecule has 120 valence electrons. The number of halogens is 1. The summed E-state index contributed by atoms with van der Waals surface area (Å²) in [7, 11) is -3.90. The van der Waals surface area contributed by atoms with Crippen molar-refractivity contribution in [3.8, 4) is 5.75 Å². The summed E-state index contributed by atoms with van der Waals surface area (Å²) in [4.78, 5) is 0.437. The zero-order chi connectivity index (χ0) is 16.2. The van der Waals surface area contributed by atoms with Gasteiger partial charge in [-0.15, -0.1) is 11.3 Å². The molecule has 0 saturated carbocycles. The molecule has 0 aliphatic rings. The molecule has 1 atom stereocenters. The lowest BCUT2D eigenvalue weighted by Crippen LogP contribution is -2.28. The Labute approximate surface area is 132 Å². The monoisotopic (exact) mass is 345 g/mol. The van der Waals surface area contributed by atoms with Crippen molar-refractivity contribution in [2.45, 2.75) is 17.9 Å². The van der Waals surface area contributed by atoms with Crippen LogP contribution in [0.3, 0.4) is 0 Å². The minimum Gasteiger partial charge on any atom is -0.491 e. The zero-order valence-electron chi connectivity index (χ0n) is 11.8. The molecule has 2 N–H and O–H groups in total. The van der Waals surface area contributed by atoms with Crippen LogP contribution in [0.1, 0.15) is 17.9 Å². The number of aliphatic hydroxyl groups excluding tert-OH is 1. The first-order chi connectivity index (χ1) is 10.4. The molecular formula is C14H16FNO4S2. The lowest BCUT2D eigenvalue weighted by atomic mass is 10.3. The summed E-state index contributed by atoms with van der Waals surface area (Å²) in [5, 5.41) is 11.7. The van der Waals surface area contributed by atoms with Gasteiger partial charge in [-0.3, -0.25) is 0 Å². The van der Waals surface area contributed by atoms with Gasteiger partial charge in [0.15, 0.2) is 11.6 Å². The third kappa shape index (κ3) is 4.04. The first kappa shape index (κ1) is 16.9. The van der Waals surface area contributed by atoms with Crippen LogP contribution in [0.4, 0.5) is 4.39 Å². The van der Waals surface area contributed by atoms with Gasteiger partial charge < -0.3 is 9.84 Å². The number of ether oxygens (including phenoxy) is 1. The molecular weight excluding hydrogens is 329 g/mol. The Bertz CT molecular complexity index is 716. The molecule has 0 radical (unpaired) electrons. The van der Waals surface area contributed by atoms with E-state index in [-0.39, 0.29) is 23.8 Å². The number of hydrogen-bond donors (Lipinski definition) is 2. The second-order valence-corrected chi connectivity index (χ2v) is 7.15. The van der Waals surface area contributed by atoms with Crippen LogP contribution in [0.2, 0.25) is 0 Å². The molecule has 0 saturated heterocycles. The number of nitrogens with one attached hydrogen (secondary N) is 1. The van der Waals surface area contributed by atoms with E-state index in [1.807, 2.05) is 0 Å². The number of hydrogen-bond acceptors (Lipinski definition) is 5. The van der Waals surface area contributed by atoms with Crippen molar-refractivity contribution in [1.29, 1.82) is 0 Å². The maximum absolute atomic E-state index is 13.7. The van der Waals surface area contributed by atoms with E-state index in [1.165, 1.54) is 23.5 Å². The predicted octanol–water partition coefficient (Wildman–Crippen LogP) is 2.30. The Hall–Kier alpha value is -1.48. The van der Waals surface area contributed by atoms with E-state index in [0.29, 0.717) is 4.88 Å². The third-order valence-corrected chi connectivity index (χ3v) is 5.25. The van der Waals surface area contributed by atoms with Crippen molar-refractivity contribution in [2.75, 3.05) is 13.2 Å². The van der Waals surface area contributed by atoms with Gasteiger partial charge in [0.05, 0.1) is 11.5 Å². The van der Waals surface area contributed by atoms with Crippen molar-refractivity contribution >= 4 is 21.4 Å². The minimum atomic E-state index is -3.90. The maximum Gasteiger partial charge on any atom is 0.240 e. The summed E-state index contributed by atoms with van der Waals surface area (Å²) in [6, 6.07) is 6.89. The van der Waals surface area contributed by atoms with Crippen molar-refractivity contribution in [3.05, 3.63) is 46.4 Å². The second-order valence-electron chi connectivity index (χ2n) is 4.41. The fourth-order valence-electron chi connectivity index (χ4n) is 1.77. The summed E-state index contributed by atoms with van der Waals surface area (Å²) < 4.78 is 45.2. The van der Waals surface area contributed by atoms with Gasteiger partial charge in [0, 0.05) is 11.4 Å². The molecule has 0 amide bonds. The molecule has 1 aromatic carbocycles. The number of benzene rings is 1. The summed E-state index contributed by atoms with van der Waals surface area (Å²) in [6.07, 6.45) is -0.942. The van der Waals surface area contributed by atoms with Crippen LogP contribution in [0.25, 0.3) is 0 Å². The van der Waals surface area contributed by atoms with Crippen LogP contribution in [-0.4, -0.2) is 26.7 Å². The SMILES string of the molecule is CCOc1ccc(S(=O)(=O)NCC(O)c2cccs2)cc1F. The van der Waals surface area contributed by atoms with E-state index in [9.17, 15) is 17.9 Å². The summed E-state index contributed by atoms with van der Waals surface area (Å²) in [6.45, 7) is 1.81. The molecule has 22 heavy (non-hydrogen) atoms. The first-order valence-corrected chi connectivity index (χ1v) is 8.94. The fourth-order valence-corrected chi connectivity index (χ4v) is 3.54. The van der Waals surface area contributed by atoms with Crippen LogP contribution in [0.15, 0.2) is 40.6 Å². The topological polar surface area (TPSA) is 75.6 Å². The predicted molar refractivity (Wildman–Crippen MR) is 82.0 cm³/mol. The molecule has 1 unspecified atom stereocenters. The quantitative estimate of drug-likeness (QED) is 0.807. The smallest absolute Gasteiger partial charge is 0.240 e. The molecule has 2 aromatic rings. The molecule has 0 bridgehead atoms. The highest BCUT2D eigenvalue weighted by Gasteiger charge is 2.19. The Morgan fingerprint density at radius 1 is 1.41 bits per heavy atom. The normalized spacial score (nSPS) is 13.0.